The number of fused-ring (bicyclic) bond motifs is 1. The van der Waals surface area contributed by atoms with Gasteiger partial charge in [-0.15, -0.1) is 0 Å². The van der Waals surface area contributed by atoms with Gasteiger partial charge in [-0.2, -0.15) is 0 Å². The van der Waals surface area contributed by atoms with E-state index in [0.717, 1.165) is 22.9 Å². The van der Waals surface area contributed by atoms with Crippen molar-refractivity contribution < 1.29 is 9.47 Å². The molecule has 1 heterocycles. The lowest BCUT2D eigenvalue weighted by atomic mass is 10.1. The molecule has 1 aromatic heterocycles. The van der Waals surface area contributed by atoms with Gasteiger partial charge < -0.3 is 25.5 Å². The number of hydrogen-bond acceptors (Lipinski definition) is 3. The number of hydrogen-bond donors (Lipinski definition) is 3. The van der Waals surface area contributed by atoms with Crippen LogP contribution in [-0.2, 0) is 6.42 Å². The van der Waals surface area contributed by atoms with Crippen LogP contribution in [-0.4, -0.2) is 31.7 Å². The molecule has 0 spiro atoms. The van der Waals surface area contributed by atoms with E-state index in [0.29, 0.717) is 34.7 Å². The van der Waals surface area contributed by atoms with E-state index in [9.17, 15) is 0 Å². The molecule has 136 valence electrons. The van der Waals surface area contributed by atoms with Crippen molar-refractivity contribution in [2.75, 3.05) is 26.1 Å². The maximum absolute atomic E-state index is 6.08. The van der Waals surface area contributed by atoms with Crippen molar-refractivity contribution in [1.82, 2.24) is 4.98 Å². The van der Waals surface area contributed by atoms with Crippen LogP contribution >= 0.6 is 11.6 Å². The molecule has 0 amide bonds. The minimum atomic E-state index is 0.314. The summed E-state index contributed by atoms with van der Waals surface area (Å²) < 4.78 is 10.5. The summed E-state index contributed by atoms with van der Waals surface area (Å²) in [5.74, 6) is 1.68. The number of anilines is 1. The Hall–Kier alpha value is -2.86. The van der Waals surface area contributed by atoms with Crippen LogP contribution in [0.5, 0.6) is 11.5 Å². The van der Waals surface area contributed by atoms with Gasteiger partial charge in [-0.1, -0.05) is 11.6 Å². The number of nitrogens with one attached hydrogen (secondary N) is 2. The third kappa shape index (κ3) is 4.03. The molecule has 0 aliphatic rings. The maximum Gasteiger partial charge on any atom is 0.193 e. The number of halogens is 1. The molecule has 0 atom stereocenters. The summed E-state index contributed by atoms with van der Waals surface area (Å²) in [6, 6.07) is 11.2. The van der Waals surface area contributed by atoms with Gasteiger partial charge in [0.2, 0.25) is 0 Å². The maximum atomic E-state index is 6.08. The number of aromatic nitrogens is 1. The molecule has 0 radical (unpaired) electrons. The molecule has 0 saturated heterocycles. The second-order valence-electron chi connectivity index (χ2n) is 5.71. The van der Waals surface area contributed by atoms with Crippen molar-refractivity contribution in [3.8, 4) is 11.5 Å². The lowest BCUT2D eigenvalue weighted by Crippen LogP contribution is -2.23. The fourth-order valence-electron chi connectivity index (χ4n) is 2.74. The predicted molar refractivity (Wildman–Crippen MR) is 107 cm³/mol. The number of nitrogens with two attached hydrogens (primary N) is 1. The normalized spacial score (nSPS) is 11.6. The average Bonchev–Trinajstić information content (AvgIpc) is 3.03. The van der Waals surface area contributed by atoms with E-state index in [-0.39, 0.29) is 0 Å². The summed E-state index contributed by atoms with van der Waals surface area (Å²) in [6.07, 6.45) is 2.73. The summed E-state index contributed by atoms with van der Waals surface area (Å²) in [5.41, 5.74) is 8.92. The molecular weight excluding hydrogens is 352 g/mol. The van der Waals surface area contributed by atoms with E-state index < -0.39 is 0 Å². The van der Waals surface area contributed by atoms with Crippen molar-refractivity contribution in [3.05, 3.63) is 53.2 Å². The van der Waals surface area contributed by atoms with Gasteiger partial charge in [0.05, 0.1) is 19.9 Å². The fraction of sp³-hybridized carbons (Fsp3) is 0.211. The molecular formula is C19H21ClN4O2. The molecule has 0 unspecified atom stereocenters. The van der Waals surface area contributed by atoms with Gasteiger partial charge in [-0.05, 0) is 42.3 Å². The molecule has 4 N–H and O–H groups in total. The minimum absolute atomic E-state index is 0.314. The second kappa shape index (κ2) is 8.01. The summed E-state index contributed by atoms with van der Waals surface area (Å²) in [6.45, 7) is 0.546. The van der Waals surface area contributed by atoms with Crippen LogP contribution in [0.25, 0.3) is 10.9 Å². The standard InChI is InChI=1S/C19H21ClN4O2/c1-25-14-4-6-18(26-2)17(10-14)24-19(21)22-8-7-12-11-23-16-5-3-13(20)9-15(12)16/h3-6,9-11,23H,7-8H2,1-2H3,(H3,21,22,24). The highest BCUT2D eigenvalue weighted by molar-refractivity contribution is 6.31. The first-order valence-corrected chi connectivity index (χ1v) is 8.53. The minimum Gasteiger partial charge on any atom is -0.497 e. The van der Waals surface area contributed by atoms with Crippen LogP contribution in [0.1, 0.15) is 5.56 Å². The first-order valence-electron chi connectivity index (χ1n) is 8.15. The summed E-state index contributed by atoms with van der Waals surface area (Å²) in [4.78, 5) is 7.63. The molecule has 0 saturated carbocycles. The number of ether oxygens (including phenoxy) is 2. The Morgan fingerprint density at radius 1 is 1.19 bits per heavy atom. The quantitative estimate of drug-likeness (QED) is 0.453. The summed E-state index contributed by atoms with van der Waals surface area (Å²) >= 11 is 6.08. The van der Waals surface area contributed by atoms with Crippen LogP contribution in [0.15, 0.2) is 47.6 Å². The largest absolute Gasteiger partial charge is 0.497 e. The smallest absolute Gasteiger partial charge is 0.193 e. The Kier molecular flexibility index (Phi) is 5.53. The molecule has 3 rings (SSSR count). The molecule has 0 aliphatic carbocycles. The van der Waals surface area contributed by atoms with Gasteiger partial charge in [-0.3, -0.25) is 4.99 Å². The third-order valence-corrected chi connectivity index (χ3v) is 4.30. The monoisotopic (exact) mass is 372 g/mol. The first kappa shape index (κ1) is 17.9. The second-order valence-corrected chi connectivity index (χ2v) is 6.15. The van der Waals surface area contributed by atoms with Gasteiger partial charge in [0.25, 0.3) is 0 Å². The summed E-state index contributed by atoms with van der Waals surface area (Å²) in [7, 11) is 3.21. The van der Waals surface area contributed by atoms with Gasteiger partial charge >= 0.3 is 0 Å². The zero-order valence-electron chi connectivity index (χ0n) is 14.7. The Morgan fingerprint density at radius 2 is 2.04 bits per heavy atom. The Labute approximate surface area is 157 Å². The molecule has 7 heteroatoms. The first-order chi connectivity index (χ1) is 12.6. The van der Waals surface area contributed by atoms with Gasteiger partial charge in [0, 0.05) is 34.7 Å². The molecule has 3 aromatic rings. The van der Waals surface area contributed by atoms with E-state index in [1.165, 1.54) is 0 Å². The van der Waals surface area contributed by atoms with Crippen LogP contribution in [0, 0.1) is 0 Å². The summed E-state index contributed by atoms with van der Waals surface area (Å²) in [5, 5.41) is 4.88. The number of methoxy groups -OCH3 is 2. The number of nitrogens with zero attached hydrogens (tertiary/aromatic N) is 1. The van der Waals surface area contributed by atoms with E-state index >= 15 is 0 Å². The zero-order valence-corrected chi connectivity index (χ0v) is 15.4. The van der Waals surface area contributed by atoms with Crippen LogP contribution in [0.4, 0.5) is 5.69 Å². The molecule has 6 nitrogen and oxygen atoms in total. The number of aromatic amines is 1. The van der Waals surface area contributed by atoms with Crippen molar-refractivity contribution in [1.29, 1.82) is 0 Å². The lowest BCUT2D eigenvalue weighted by molar-refractivity contribution is 0.405. The predicted octanol–water partition coefficient (Wildman–Crippen LogP) is 3.81. The topological polar surface area (TPSA) is 84.7 Å². The number of guanidine groups is 1. The molecule has 2 aromatic carbocycles. The van der Waals surface area contributed by atoms with Crippen molar-refractivity contribution in [2.45, 2.75) is 6.42 Å². The van der Waals surface area contributed by atoms with Gasteiger partial charge in [0.1, 0.15) is 11.5 Å². The highest BCUT2D eigenvalue weighted by Gasteiger charge is 2.07. The SMILES string of the molecule is COc1ccc(OC)c(NC(N)=NCCc2c[nH]c3ccc(Cl)cc23)c1. The molecule has 0 aliphatic heterocycles. The number of benzene rings is 2. The highest BCUT2D eigenvalue weighted by Crippen LogP contribution is 2.28. The average molecular weight is 373 g/mol. The van der Waals surface area contributed by atoms with Gasteiger partial charge in [-0.25, -0.2) is 0 Å². The van der Waals surface area contributed by atoms with E-state index in [4.69, 9.17) is 26.8 Å². The number of rotatable bonds is 6. The lowest BCUT2D eigenvalue weighted by Gasteiger charge is -2.12. The highest BCUT2D eigenvalue weighted by atomic mass is 35.5. The van der Waals surface area contributed by atoms with Crippen molar-refractivity contribution >= 4 is 34.2 Å². The van der Waals surface area contributed by atoms with E-state index in [1.807, 2.05) is 42.6 Å². The molecule has 26 heavy (non-hydrogen) atoms. The van der Waals surface area contributed by atoms with Crippen LogP contribution in [0.2, 0.25) is 5.02 Å². The van der Waals surface area contributed by atoms with Crippen LogP contribution < -0.4 is 20.5 Å². The van der Waals surface area contributed by atoms with E-state index in [2.05, 4.69) is 15.3 Å². The van der Waals surface area contributed by atoms with Gasteiger partial charge in [0.15, 0.2) is 5.96 Å². The fourth-order valence-corrected chi connectivity index (χ4v) is 2.92. The van der Waals surface area contributed by atoms with Crippen molar-refractivity contribution in [2.24, 2.45) is 10.7 Å². The Balaban J connectivity index is 1.68. The van der Waals surface area contributed by atoms with Crippen LogP contribution in [0.3, 0.4) is 0 Å². The van der Waals surface area contributed by atoms with Crippen molar-refractivity contribution in [3.63, 3.8) is 0 Å². The Bertz CT molecular complexity index is 936. The number of aliphatic imine (C=N–C) groups is 1. The third-order valence-electron chi connectivity index (χ3n) is 4.06. The van der Waals surface area contributed by atoms with E-state index in [1.54, 1.807) is 14.2 Å². The zero-order chi connectivity index (χ0) is 18.5. The number of H-pyrrole nitrogens is 1. The Morgan fingerprint density at radius 3 is 2.81 bits per heavy atom. The molecule has 0 bridgehead atoms. The molecule has 0 fully saturated rings.